The van der Waals surface area contributed by atoms with Gasteiger partial charge in [-0.2, -0.15) is 0 Å². The summed E-state index contributed by atoms with van der Waals surface area (Å²) in [5.74, 6) is -0.699. The van der Waals surface area contributed by atoms with Gasteiger partial charge in [0.05, 0.1) is 22.2 Å². The molecule has 0 spiro atoms. The van der Waals surface area contributed by atoms with Crippen molar-refractivity contribution in [3.05, 3.63) is 59.1 Å². The number of para-hydroxylation sites is 1. The summed E-state index contributed by atoms with van der Waals surface area (Å²) in [7, 11) is 0.728. The Labute approximate surface area is 163 Å². The average molecular weight is 410 g/mol. The molecule has 27 heavy (non-hydrogen) atoms. The summed E-state index contributed by atoms with van der Waals surface area (Å²) >= 11 is 5.99. The van der Waals surface area contributed by atoms with Crippen molar-refractivity contribution >= 4 is 39.1 Å². The molecule has 144 valence electrons. The quantitative estimate of drug-likeness (QED) is 0.793. The van der Waals surface area contributed by atoms with Gasteiger partial charge in [-0.25, -0.2) is 8.42 Å². The molecule has 0 saturated heterocycles. The molecule has 0 aliphatic carbocycles. The van der Waals surface area contributed by atoms with Gasteiger partial charge in [0.25, 0.3) is 15.9 Å². The summed E-state index contributed by atoms with van der Waals surface area (Å²) in [6.07, 6.45) is 0. The summed E-state index contributed by atoms with van der Waals surface area (Å²) in [5, 5.41) is 0.259. The zero-order valence-corrected chi connectivity index (χ0v) is 16.7. The number of rotatable bonds is 6. The molecule has 0 saturated carbocycles. The van der Waals surface area contributed by atoms with E-state index in [4.69, 9.17) is 11.6 Å². The minimum atomic E-state index is -3.93. The van der Waals surface area contributed by atoms with E-state index in [9.17, 15) is 18.0 Å². The minimum absolute atomic E-state index is 0.0828. The number of sulfonamides is 1. The fraction of sp³-hybridized carbons (Fsp3) is 0.222. The van der Waals surface area contributed by atoms with Crippen molar-refractivity contribution in [2.45, 2.75) is 4.90 Å². The lowest BCUT2D eigenvalue weighted by molar-refractivity contribution is -0.129. The fourth-order valence-electron chi connectivity index (χ4n) is 2.18. The van der Waals surface area contributed by atoms with E-state index in [1.165, 1.54) is 47.2 Å². The summed E-state index contributed by atoms with van der Waals surface area (Å²) < 4.78 is 27.6. The van der Waals surface area contributed by atoms with Crippen molar-refractivity contribution in [2.75, 3.05) is 32.4 Å². The normalized spacial score (nSPS) is 11.0. The number of likely N-dealkylation sites (N-methyl/N-ethyl adjacent to an activating group) is 2. The van der Waals surface area contributed by atoms with Crippen LogP contribution in [0.4, 0.5) is 5.69 Å². The molecule has 0 atom stereocenters. The monoisotopic (exact) mass is 409 g/mol. The zero-order chi connectivity index (χ0) is 20.2. The molecule has 2 rings (SSSR count). The molecule has 2 amide bonds. The first kappa shape index (κ1) is 20.7. The first-order valence-electron chi connectivity index (χ1n) is 7.95. The van der Waals surface area contributed by atoms with Crippen LogP contribution in [-0.2, 0) is 14.8 Å². The molecule has 2 aromatic carbocycles. The van der Waals surface area contributed by atoms with Crippen molar-refractivity contribution in [3.8, 4) is 0 Å². The molecule has 0 aliphatic rings. The van der Waals surface area contributed by atoms with Gasteiger partial charge in [0.2, 0.25) is 5.91 Å². The van der Waals surface area contributed by atoms with Crippen molar-refractivity contribution in [2.24, 2.45) is 0 Å². The predicted molar refractivity (Wildman–Crippen MR) is 104 cm³/mol. The van der Waals surface area contributed by atoms with Crippen molar-refractivity contribution in [1.29, 1.82) is 0 Å². The number of nitrogens with one attached hydrogen (secondary N) is 1. The van der Waals surface area contributed by atoms with Crippen LogP contribution in [0.3, 0.4) is 0 Å². The molecule has 0 fully saturated rings. The van der Waals surface area contributed by atoms with Crippen LogP contribution in [0.2, 0.25) is 5.02 Å². The minimum Gasteiger partial charge on any atom is -0.347 e. The van der Waals surface area contributed by atoms with E-state index in [1.807, 2.05) is 0 Å². The molecular formula is C18H20ClN3O4S. The Morgan fingerprint density at radius 3 is 2.33 bits per heavy atom. The van der Waals surface area contributed by atoms with E-state index in [0.717, 1.165) is 0 Å². The molecule has 0 aliphatic heterocycles. The highest BCUT2D eigenvalue weighted by molar-refractivity contribution is 7.92. The molecule has 0 unspecified atom stereocenters. The van der Waals surface area contributed by atoms with Gasteiger partial charge in [-0.15, -0.1) is 0 Å². The average Bonchev–Trinajstić information content (AvgIpc) is 2.62. The highest BCUT2D eigenvalue weighted by Crippen LogP contribution is 2.24. The Bertz CT molecular complexity index is 961. The highest BCUT2D eigenvalue weighted by atomic mass is 35.5. The molecular weight excluding hydrogens is 390 g/mol. The van der Waals surface area contributed by atoms with Gasteiger partial charge in [0.15, 0.2) is 0 Å². The second kappa shape index (κ2) is 8.41. The third-order valence-electron chi connectivity index (χ3n) is 3.73. The number of benzene rings is 2. The van der Waals surface area contributed by atoms with Gasteiger partial charge in [-0.05, 0) is 30.3 Å². The molecule has 9 heteroatoms. The lowest BCUT2D eigenvalue weighted by Crippen LogP contribution is -2.37. The Balaban J connectivity index is 2.24. The lowest BCUT2D eigenvalue weighted by atomic mass is 10.2. The van der Waals surface area contributed by atoms with Crippen molar-refractivity contribution < 1.29 is 18.0 Å². The van der Waals surface area contributed by atoms with Crippen LogP contribution in [-0.4, -0.2) is 57.7 Å². The third-order valence-corrected chi connectivity index (χ3v) is 5.42. The van der Waals surface area contributed by atoms with Gasteiger partial charge in [-0.3, -0.25) is 14.3 Å². The SMILES string of the molecule is CN(C)C(=O)CN(C)C(=O)c1cccc(S(=O)(=O)Nc2ccccc2Cl)c1. The van der Waals surface area contributed by atoms with E-state index in [1.54, 1.807) is 32.3 Å². The number of amides is 2. The van der Waals surface area contributed by atoms with Crippen LogP contribution in [0.5, 0.6) is 0 Å². The second-order valence-corrected chi connectivity index (χ2v) is 8.15. The Hall–Kier alpha value is -2.58. The van der Waals surface area contributed by atoms with E-state index in [0.29, 0.717) is 0 Å². The number of carbonyl (C=O) groups excluding carboxylic acids is 2. The van der Waals surface area contributed by atoms with Crippen LogP contribution in [0.15, 0.2) is 53.4 Å². The van der Waals surface area contributed by atoms with E-state index >= 15 is 0 Å². The lowest BCUT2D eigenvalue weighted by Gasteiger charge is -2.19. The van der Waals surface area contributed by atoms with Gasteiger partial charge in [0, 0.05) is 26.7 Å². The van der Waals surface area contributed by atoms with Gasteiger partial charge in [0.1, 0.15) is 0 Å². The summed E-state index contributed by atoms with van der Waals surface area (Å²) in [6, 6.07) is 12.0. The Morgan fingerprint density at radius 1 is 1.04 bits per heavy atom. The van der Waals surface area contributed by atoms with Gasteiger partial charge in [-0.1, -0.05) is 29.8 Å². The van der Waals surface area contributed by atoms with E-state index in [2.05, 4.69) is 4.72 Å². The summed E-state index contributed by atoms with van der Waals surface area (Å²) in [4.78, 5) is 26.8. The maximum absolute atomic E-state index is 12.6. The maximum Gasteiger partial charge on any atom is 0.261 e. The van der Waals surface area contributed by atoms with Crippen LogP contribution in [0, 0.1) is 0 Å². The first-order valence-corrected chi connectivity index (χ1v) is 9.81. The molecule has 7 nitrogen and oxygen atoms in total. The standard InChI is InChI=1S/C18H20ClN3O4S/c1-21(2)17(23)12-22(3)18(24)13-7-6-8-14(11-13)27(25,26)20-16-10-5-4-9-15(16)19/h4-11,20H,12H2,1-3H3. The molecule has 2 aromatic rings. The number of nitrogens with zero attached hydrogens (tertiary/aromatic N) is 2. The van der Waals surface area contributed by atoms with E-state index < -0.39 is 15.9 Å². The Morgan fingerprint density at radius 2 is 1.70 bits per heavy atom. The summed E-state index contributed by atoms with van der Waals surface area (Å²) in [6.45, 7) is -0.110. The number of anilines is 1. The number of hydrogen-bond donors (Lipinski definition) is 1. The number of carbonyl (C=O) groups is 2. The van der Waals surface area contributed by atoms with Gasteiger partial charge < -0.3 is 9.80 Å². The van der Waals surface area contributed by atoms with Crippen LogP contribution in [0.25, 0.3) is 0 Å². The number of halogens is 1. The molecule has 0 bridgehead atoms. The third kappa shape index (κ3) is 5.21. The molecule has 1 N–H and O–H groups in total. The highest BCUT2D eigenvalue weighted by Gasteiger charge is 2.20. The maximum atomic E-state index is 12.6. The predicted octanol–water partition coefficient (Wildman–Crippen LogP) is 2.30. The van der Waals surface area contributed by atoms with Crippen molar-refractivity contribution in [1.82, 2.24) is 9.80 Å². The molecule has 0 radical (unpaired) electrons. The van der Waals surface area contributed by atoms with E-state index in [-0.39, 0.29) is 33.6 Å². The second-order valence-electron chi connectivity index (χ2n) is 6.06. The Kier molecular flexibility index (Phi) is 6.45. The molecule has 0 heterocycles. The van der Waals surface area contributed by atoms with Crippen LogP contribution < -0.4 is 4.72 Å². The topological polar surface area (TPSA) is 86.8 Å². The smallest absolute Gasteiger partial charge is 0.261 e. The largest absolute Gasteiger partial charge is 0.347 e. The van der Waals surface area contributed by atoms with Crippen molar-refractivity contribution in [3.63, 3.8) is 0 Å². The fourth-order valence-corrected chi connectivity index (χ4v) is 3.54. The van der Waals surface area contributed by atoms with Crippen LogP contribution in [0.1, 0.15) is 10.4 Å². The number of hydrogen-bond acceptors (Lipinski definition) is 4. The van der Waals surface area contributed by atoms with Gasteiger partial charge >= 0.3 is 0 Å². The summed E-state index contributed by atoms with van der Waals surface area (Å²) in [5.41, 5.74) is 0.399. The first-order chi connectivity index (χ1) is 12.6. The molecule has 0 aromatic heterocycles. The van der Waals surface area contributed by atoms with Crippen LogP contribution >= 0.6 is 11.6 Å². The zero-order valence-electron chi connectivity index (χ0n) is 15.1.